The molecule has 0 N–H and O–H groups in total. The Labute approximate surface area is 109 Å². The van der Waals surface area contributed by atoms with Crippen molar-refractivity contribution >= 4 is 17.6 Å². The maximum Gasteiger partial charge on any atom is 0.233 e. The van der Waals surface area contributed by atoms with Gasteiger partial charge in [0.2, 0.25) is 11.8 Å². The molecule has 4 heteroatoms. The zero-order valence-corrected chi connectivity index (χ0v) is 11.9. The first kappa shape index (κ1) is 14.9. The zero-order chi connectivity index (χ0) is 14.0. The first-order valence-corrected chi connectivity index (χ1v) is 6.64. The van der Waals surface area contributed by atoms with E-state index in [4.69, 9.17) is 0 Å². The van der Waals surface area contributed by atoms with Gasteiger partial charge in [0.15, 0.2) is 0 Å². The van der Waals surface area contributed by atoms with Gasteiger partial charge in [0.05, 0.1) is 0 Å². The summed E-state index contributed by atoms with van der Waals surface area (Å²) in [6.07, 6.45) is 0.552. The van der Waals surface area contributed by atoms with Crippen LogP contribution in [0.1, 0.15) is 47.5 Å². The van der Waals surface area contributed by atoms with E-state index in [2.05, 4.69) is 0 Å². The fourth-order valence-electron chi connectivity index (χ4n) is 2.28. The molecule has 0 radical (unpaired) electrons. The molecule has 0 saturated carbocycles. The molecule has 1 unspecified atom stereocenters. The van der Waals surface area contributed by atoms with Gasteiger partial charge < -0.3 is 0 Å². The monoisotopic (exact) mass is 253 g/mol. The Morgan fingerprint density at radius 3 is 2.17 bits per heavy atom. The summed E-state index contributed by atoms with van der Waals surface area (Å²) in [4.78, 5) is 37.0. The highest BCUT2D eigenvalue weighted by atomic mass is 16.2. The number of Topliss-reactive ketones (excluding diaryl/α,β-unsaturated/α-hetero) is 1. The molecule has 2 atom stereocenters. The number of likely N-dealkylation sites (tertiary alicyclic amines) is 1. The first-order valence-electron chi connectivity index (χ1n) is 6.64. The minimum absolute atomic E-state index is 0.0545. The lowest BCUT2D eigenvalue weighted by molar-refractivity contribution is -0.142. The molecule has 1 aliphatic heterocycles. The fraction of sp³-hybridized carbons (Fsp3) is 0.786. The van der Waals surface area contributed by atoms with Gasteiger partial charge in [-0.2, -0.15) is 0 Å². The van der Waals surface area contributed by atoms with Gasteiger partial charge in [-0.15, -0.1) is 0 Å². The molecule has 18 heavy (non-hydrogen) atoms. The lowest BCUT2D eigenvalue weighted by Crippen LogP contribution is -2.40. The number of hydrogen-bond acceptors (Lipinski definition) is 3. The quantitative estimate of drug-likeness (QED) is 0.704. The van der Waals surface area contributed by atoms with Crippen LogP contribution in [0.3, 0.4) is 0 Å². The smallest absolute Gasteiger partial charge is 0.233 e. The van der Waals surface area contributed by atoms with E-state index in [1.165, 1.54) is 4.90 Å². The molecule has 0 aromatic carbocycles. The molecule has 4 nitrogen and oxygen atoms in total. The summed E-state index contributed by atoms with van der Waals surface area (Å²) >= 11 is 0. The summed E-state index contributed by atoms with van der Waals surface area (Å²) in [5, 5.41) is 0. The molecule has 1 rings (SSSR count). The van der Waals surface area contributed by atoms with Crippen molar-refractivity contribution in [1.82, 2.24) is 4.90 Å². The number of ketones is 1. The minimum atomic E-state index is -0.316. The van der Waals surface area contributed by atoms with E-state index in [1.54, 1.807) is 6.92 Å². The summed E-state index contributed by atoms with van der Waals surface area (Å²) < 4.78 is 0. The Morgan fingerprint density at radius 2 is 1.78 bits per heavy atom. The Hall–Kier alpha value is -1.19. The predicted octanol–water partition coefficient (Wildman–Crippen LogP) is 2.02. The van der Waals surface area contributed by atoms with E-state index >= 15 is 0 Å². The number of carbonyl (C=O) groups is 3. The van der Waals surface area contributed by atoms with Crippen LogP contribution in [0.5, 0.6) is 0 Å². The molecule has 0 aliphatic carbocycles. The highest BCUT2D eigenvalue weighted by Gasteiger charge is 2.42. The van der Waals surface area contributed by atoms with Gasteiger partial charge >= 0.3 is 0 Å². The Kier molecular flexibility index (Phi) is 4.65. The molecular weight excluding hydrogens is 230 g/mol. The third-order valence-electron chi connectivity index (χ3n) is 3.60. The molecular formula is C14H23NO3. The van der Waals surface area contributed by atoms with Crippen molar-refractivity contribution in [2.24, 2.45) is 17.8 Å². The summed E-state index contributed by atoms with van der Waals surface area (Å²) in [6, 6.07) is -0.316. The second-order valence-electron chi connectivity index (χ2n) is 5.83. The second-order valence-corrected chi connectivity index (χ2v) is 5.83. The van der Waals surface area contributed by atoms with Gasteiger partial charge in [0.1, 0.15) is 5.78 Å². The van der Waals surface area contributed by atoms with Crippen molar-refractivity contribution in [2.75, 3.05) is 0 Å². The molecule has 1 aliphatic rings. The molecule has 0 bridgehead atoms. The third kappa shape index (κ3) is 2.98. The van der Waals surface area contributed by atoms with Gasteiger partial charge in [-0.05, 0) is 12.8 Å². The molecule has 102 valence electrons. The summed E-state index contributed by atoms with van der Waals surface area (Å²) in [5.74, 6) is -0.257. The lowest BCUT2D eigenvalue weighted by Gasteiger charge is -2.23. The SMILES string of the molecule is CC(C)C(=O)C[C@@H](C)N1C(=O)CC(C(C)C)C1=O. The van der Waals surface area contributed by atoms with Gasteiger partial charge in [-0.3, -0.25) is 19.3 Å². The number of rotatable bonds is 5. The van der Waals surface area contributed by atoms with Crippen LogP contribution in [0.15, 0.2) is 0 Å². The summed E-state index contributed by atoms with van der Waals surface area (Å²) in [7, 11) is 0. The highest BCUT2D eigenvalue weighted by Crippen LogP contribution is 2.28. The number of amides is 2. The summed E-state index contributed by atoms with van der Waals surface area (Å²) in [6.45, 7) is 9.34. The van der Waals surface area contributed by atoms with Crippen LogP contribution in [-0.4, -0.2) is 28.5 Å². The minimum Gasteiger partial charge on any atom is -0.299 e. The first-order chi connectivity index (χ1) is 8.25. The Morgan fingerprint density at radius 1 is 1.22 bits per heavy atom. The number of imide groups is 1. The number of nitrogens with zero attached hydrogens (tertiary/aromatic N) is 1. The molecule has 1 heterocycles. The van der Waals surface area contributed by atoms with Crippen molar-refractivity contribution in [1.29, 1.82) is 0 Å². The van der Waals surface area contributed by atoms with Gasteiger partial charge in [0.25, 0.3) is 0 Å². The predicted molar refractivity (Wildman–Crippen MR) is 68.7 cm³/mol. The number of hydrogen-bond donors (Lipinski definition) is 0. The molecule has 0 aromatic rings. The average molecular weight is 253 g/mol. The van der Waals surface area contributed by atoms with Crippen molar-refractivity contribution in [3.8, 4) is 0 Å². The topological polar surface area (TPSA) is 54.5 Å². The van der Waals surface area contributed by atoms with Crippen LogP contribution in [0.4, 0.5) is 0 Å². The summed E-state index contributed by atoms with van der Waals surface area (Å²) in [5.41, 5.74) is 0. The van der Waals surface area contributed by atoms with E-state index in [0.29, 0.717) is 0 Å². The van der Waals surface area contributed by atoms with Crippen LogP contribution in [0.25, 0.3) is 0 Å². The van der Waals surface area contributed by atoms with Gasteiger partial charge in [-0.25, -0.2) is 0 Å². The molecule has 1 fully saturated rings. The average Bonchev–Trinajstić information content (AvgIpc) is 2.53. The Bertz CT molecular complexity index is 360. The molecule has 1 saturated heterocycles. The normalized spacial score (nSPS) is 22.2. The molecule has 0 spiro atoms. The zero-order valence-electron chi connectivity index (χ0n) is 11.9. The van der Waals surface area contributed by atoms with Gasteiger partial charge in [-0.1, -0.05) is 27.7 Å². The standard InChI is InChI=1S/C14H23NO3/c1-8(2)11-7-13(17)15(14(11)18)10(5)6-12(16)9(3)4/h8-11H,6-7H2,1-5H3/t10-,11?/m1/s1. The van der Waals surface area contributed by atoms with Crippen LogP contribution in [-0.2, 0) is 14.4 Å². The molecule has 2 amide bonds. The second kappa shape index (κ2) is 5.63. The number of carbonyl (C=O) groups excluding carboxylic acids is 3. The third-order valence-corrected chi connectivity index (χ3v) is 3.60. The highest BCUT2D eigenvalue weighted by molar-refractivity contribution is 6.04. The van der Waals surface area contributed by atoms with E-state index in [9.17, 15) is 14.4 Å². The Balaban J connectivity index is 2.74. The van der Waals surface area contributed by atoms with Crippen LogP contribution in [0.2, 0.25) is 0 Å². The van der Waals surface area contributed by atoms with E-state index < -0.39 is 0 Å². The lowest BCUT2D eigenvalue weighted by atomic mass is 9.94. The van der Waals surface area contributed by atoms with E-state index in [-0.39, 0.29) is 54.2 Å². The van der Waals surface area contributed by atoms with Crippen molar-refractivity contribution in [2.45, 2.75) is 53.5 Å². The van der Waals surface area contributed by atoms with Crippen LogP contribution in [0, 0.1) is 17.8 Å². The maximum atomic E-state index is 12.1. The van der Waals surface area contributed by atoms with Gasteiger partial charge in [0, 0.05) is 30.7 Å². The van der Waals surface area contributed by atoms with Crippen LogP contribution < -0.4 is 0 Å². The van der Waals surface area contributed by atoms with E-state index in [0.717, 1.165) is 0 Å². The van der Waals surface area contributed by atoms with Crippen molar-refractivity contribution in [3.05, 3.63) is 0 Å². The van der Waals surface area contributed by atoms with E-state index in [1.807, 2.05) is 27.7 Å². The largest absolute Gasteiger partial charge is 0.299 e. The van der Waals surface area contributed by atoms with Crippen molar-refractivity contribution < 1.29 is 14.4 Å². The fourth-order valence-corrected chi connectivity index (χ4v) is 2.28. The van der Waals surface area contributed by atoms with Crippen molar-refractivity contribution in [3.63, 3.8) is 0 Å². The van der Waals surface area contributed by atoms with Crippen LogP contribution >= 0.6 is 0 Å². The molecule has 0 aromatic heterocycles. The maximum absolute atomic E-state index is 12.1.